The first-order chi connectivity index (χ1) is 12.3. The van der Waals surface area contributed by atoms with Crippen LogP contribution in [0.3, 0.4) is 0 Å². The van der Waals surface area contributed by atoms with E-state index < -0.39 is 0 Å². The van der Waals surface area contributed by atoms with Gasteiger partial charge in [0.05, 0.1) is 5.39 Å². The van der Waals surface area contributed by atoms with Gasteiger partial charge in [0.1, 0.15) is 11.5 Å². The van der Waals surface area contributed by atoms with E-state index in [2.05, 4.69) is 25.6 Å². The lowest BCUT2D eigenvalue weighted by Crippen LogP contribution is -2.27. The highest BCUT2D eigenvalue weighted by atomic mass is 16.1. The summed E-state index contributed by atoms with van der Waals surface area (Å²) in [6.07, 6.45) is 6.97. The molecule has 126 valence electrons. The van der Waals surface area contributed by atoms with E-state index in [0.717, 1.165) is 40.1 Å². The molecule has 0 saturated heterocycles. The highest BCUT2D eigenvalue weighted by Crippen LogP contribution is 2.29. The number of nitrogens with zero attached hydrogens (tertiary/aromatic N) is 2. The second-order valence-electron chi connectivity index (χ2n) is 6.83. The lowest BCUT2D eigenvalue weighted by atomic mass is 9.93. The zero-order valence-electron chi connectivity index (χ0n) is 13.8. The van der Waals surface area contributed by atoms with Gasteiger partial charge >= 0.3 is 0 Å². The van der Waals surface area contributed by atoms with Gasteiger partial charge in [0, 0.05) is 29.9 Å². The Hall–Kier alpha value is -2.89. The summed E-state index contributed by atoms with van der Waals surface area (Å²) in [5.41, 5.74) is 3.59. The molecular formula is C19H19N5O. The number of benzene rings is 1. The highest BCUT2D eigenvalue weighted by molar-refractivity contribution is 6.01. The van der Waals surface area contributed by atoms with Crippen molar-refractivity contribution >= 4 is 34.3 Å². The summed E-state index contributed by atoms with van der Waals surface area (Å²) in [6, 6.07) is 8.40. The second-order valence-corrected chi connectivity index (χ2v) is 6.83. The minimum atomic E-state index is 0.215. The standard InChI is InChI=1S/C19H19N5O/c25-16-7-5-11-4-6-13(10-15(11)16)22-19-23-17-14(8-9-20-17)18(24-19)21-12-2-1-3-12/h4,6,8-10,12H,1-3,5,7H2,(H3,20,21,22,23,24). The number of aromatic nitrogens is 3. The van der Waals surface area contributed by atoms with Crippen molar-refractivity contribution < 1.29 is 4.79 Å². The predicted molar refractivity (Wildman–Crippen MR) is 97.5 cm³/mol. The third-order valence-corrected chi connectivity index (χ3v) is 5.15. The number of rotatable bonds is 4. The molecule has 0 bridgehead atoms. The van der Waals surface area contributed by atoms with Gasteiger partial charge in [0.25, 0.3) is 0 Å². The molecule has 0 spiro atoms. The van der Waals surface area contributed by atoms with E-state index in [4.69, 9.17) is 0 Å². The molecule has 2 aliphatic carbocycles. The Morgan fingerprint density at radius 1 is 1.12 bits per heavy atom. The average molecular weight is 333 g/mol. The third kappa shape index (κ3) is 2.54. The number of hydrogen-bond donors (Lipinski definition) is 3. The first-order valence-electron chi connectivity index (χ1n) is 8.81. The lowest BCUT2D eigenvalue weighted by molar-refractivity contribution is 0.0994. The third-order valence-electron chi connectivity index (χ3n) is 5.15. The Kier molecular flexibility index (Phi) is 3.23. The Morgan fingerprint density at radius 3 is 2.88 bits per heavy atom. The molecule has 1 fully saturated rings. The molecule has 3 aromatic rings. The van der Waals surface area contributed by atoms with E-state index in [0.29, 0.717) is 18.4 Å². The lowest BCUT2D eigenvalue weighted by Gasteiger charge is -2.27. The van der Waals surface area contributed by atoms with Crippen molar-refractivity contribution in [2.75, 3.05) is 10.6 Å². The van der Waals surface area contributed by atoms with Crippen LogP contribution in [0.25, 0.3) is 11.0 Å². The van der Waals surface area contributed by atoms with Crippen LogP contribution in [0.5, 0.6) is 0 Å². The predicted octanol–water partition coefficient (Wildman–Crippen LogP) is 3.79. The maximum atomic E-state index is 12.0. The summed E-state index contributed by atoms with van der Waals surface area (Å²) < 4.78 is 0. The van der Waals surface area contributed by atoms with Gasteiger partial charge in [-0.2, -0.15) is 9.97 Å². The van der Waals surface area contributed by atoms with Crippen LogP contribution in [0.4, 0.5) is 17.5 Å². The molecule has 1 saturated carbocycles. The molecule has 3 N–H and O–H groups in total. The van der Waals surface area contributed by atoms with Gasteiger partial charge < -0.3 is 15.6 Å². The molecular weight excluding hydrogens is 314 g/mol. The van der Waals surface area contributed by atoms with Gasteiger partial charge in [-0.3, -0.25) is 4.79 Å². The molecule has 0 amide bonds. The number of aryl methyl sites for hydroxylation is 1. The largest absolute Gasteiger partial charge is 0.367 e. The van der Waals surface area contributed by atoms with Crippen molar-refractivity contribution in [2.45, 2.75) is 38.1 Å². The van der Waals surface area contributed by atoms with Gasteiger partial charge in [-0.15, -0.1) is 0 Å². The first-order valence-corrected chi connectivity index (χ1v) is 8.81. The van der Waals surface area contributed by atoms with Crippen molar-refractivity contribution in [3.05, 3.63) is 41.6 Å². The summed E-state index contributed by atoms with van der Waals surface area (Å²) >= 11 is 0. The van der Waals surface area contributed by atoms with Crippen molar-refractivity contribution in [1.29, 1.82) is 0 Å². The fraction of sp³-hybridized carbons (Fsp3) is 0.316. The zero-order chi connectivity index (χ0) is 16.8. The zero-order valence-corrected chi connectivity index (χ0v) is 13.8. The molecule has 0 unspecified atom stereocenters. The quantitative estimate of drug-likeness (QED) is 0.676. The van der Waals surface area contributed by atoms with E-state index in [9.17, 15) is 4.79 Å². The second kappa shape index (κ2) is 5.58. The van der Waals surface area contributed by atoms with Crippen molar-refractivity contribution in [1.82, 2.24) is 15.0 Å². The van der Waals surface area contributed by atoms with Gasteiger partial charge in [-0.05, 0) is 49.4 Å². The number of nitrogens with one attached hydrogen (secondary N) is 3. The molecule has 6 heteroatoms. The van der Waals surface area contributed by atoms with Gasteiger partial charge in [-0.1, -0.05) is 6.07 Å². The molecule has 5 rings (SSSR count). The smallest absolute Gasteiger partial charge is 0.231 e. The number of fused-ring (bicyclic) bond motifs is 2. The van der Waals surface area contributed by atoms with Crippen molar-refractivity contribution in [2.24, 2.45) is 0 Å². The SMILES string of the molecule is O=C1CCc2ccc(Nc3nc(NC4CCC4)c4cc[nH]c4n3)cc21. The van der Waals surface area contributed by atoms with Crippen LogP contribution in [-0.4, -0.2) is 26.8 Å². The monoisotopic (exact) mass is 333 g/mol. The van der Waals surface area contributed by atoms with Gasteiger partial charge in [0.2, 0.25) is 5.95 Å². The number of carbonyl (C=O) groups excluding carboxylic acids is 1. The Balaban J connectivity index is 1.48. The molecule has 6 nitrogen and oxygen atoms in total. The van der Waals surface area contributed by atoms with E-state index >= 15 is 0 Å². The number of hydrogen-bond acceptors (Lipinski definition) is 5. The minimum Gasteiger partial charge on any atom is -0.367 e. The highest BCUT2D eigenvalue weighted by Gasteiger charge is 2.21. The van der Waals surface area contributed by atoms with E-state index in [-0.39, 0.29) is 5.78 Å². The number of H-pyrrole nitrogens is 1. The van der Waals surface area contributed by atoms with Crippen LogP contribution in [0, 0.1) is 0 Å². The van der Waals surface area contributed by atoms with E-state index in [1.54, 1.807) is 0 Å². The van der Waals surface area contributed by atoms with E-state index in [1.165, 1.54) is 19.3 Å². The summed E-state index contributed by atoms with van der Waals surface area (Å²) in [5.74, 6) is 1.60. The fourth-order valence-corrected chi connectivity index (χ4v) is 3.50. The molecule has 2 aliphatic rings. The molecule has 0 radical (unpaired) electrons. The molecule has 25 heavy (non-hydrogen) atoms. The Labute approximate surface area is 145 Å². The Morgan fingerprint density at radius 2 is 2.04 bits per heavy atom. The van der Waals surface area contributed by atoms with Crippen LogP contribution < -0.4 is 10.6 Å². The van der Waals surface area contributed by atoms with E-state index in [1.807, 2.05) is 30.5 Å². The molecule has 0 aliphatic heterocycles. The maximum Gasteiger partial charge on any atom is 0.231 e. The summed E-state index contributed by atoms with van der Waals surface area (Å²) in [7, 11) is 0. The summed E-state index contributed by atoms with van der Waals surface area (Å²) in [4.78, 5) is 24.3. The maximum absolute atomic E-state index is 12.0. The van der Waals surface area contributed by atoms with Crippen LogP contribution in [0.2, 0.25) is 0 Å². The van der Waals surface area contributed by atoms with Crippen LogP contribution >= 0.6 is 0 Å². The van der Waals surface area contributed by atoms with Crippen LogP contribution in [0.1, 0.15) is 41.6 Å². The van der Waals surface area contributed by atoms with Gasteiger partial charge in [0.15, 0.2) is 5.78 Å². The summed E-state index contributed by atoms with van der Waals surface area (Å²) in [6.45, 7) is 0. The normalized spacial score (nSPS) is 16.7. The molecule has 2 aromatic heterocycles. The number of carbonyl (C=O) groups is 1. The Bertz CT molecular complexity index is 973. The number of anilines is 3. The number of ketones is 1. The average Bonchev–Trinajstić information content (AvgIpc) is 3.18. The fourth-order valence-electron chi connectivity index (χ4n) is 3.50. The van der Waals surface area contributed by atoms with Gasteiger partial charge in [-0.25, -0.2) is 0 Å². The minimum absolute atomic E-state index is 0.215. The van der Waals surface area contributed by atoms with Crippen LogP contribution in [0.15, 0.2) is 30.5 Å². The summed E-state index contributed by atoms with van der Waals surface area (Å²) in [5, 5.41) is 7.77. The molecule has 0 atom stereocenters. The number of Topliss-reactive ketones (excluding diaryl/α,β-unsaturated/α-hetero) is 1. The molecule has 1 aromatic carbocycles. The first kappa shape index (κ1) is 14.5. The number of aromatic amines is 1. The van der Waals surface area contributed by atoms with Crippen molar-refractivity contribution in [3.8, 4) is 0 Å². The van der Waals surface area contributed by atoms with Crippen LogP contribution in [-0.2, 0) is 6.42 Å². The topological polar surface area (TPSA) is 82.7 Å². The van der Waals surface area contributed by atoms with Crippen molar-refractivity contribution in [3.63, 3.8) is 0 Å². The molecule has 2 heterocycles.